The van der Waals surface area contributed by atoms with Crippen LogP contribution in [0.2, 0.25) is 5.15 Å². The number of anilines is 2. The number of pyridine rings is 1. The van der Waals surface area contributed by atoms with Gasteiger partial charge in [-0.25, -0.2) is 9.67 Å². The number of carbonyl (C=O) groups is 2. The minimum Gasteiger partial charge on any atom is -0.355 e. The Bertz CT molecular complexity index is 1350. The molecule has 10 heteroatoms. The zero-order chi connectivity index (χ0) is 25.3. The van der Waals surface area contributed by atoms with E-state index in [1.807, 2.05) is 29.2 Å². The van der Waals surface area contributed by atoms with Gasteiger partial charge in [0.2, 0.25) is 5.91 Å². The van der Waals surface area contributed by atoms with E-state index in [1.54, 1.807) is 13.1 Å². The van der Waals surface area contributed by atoms with Crippen LogP contribution in [0.4, 0.5) is 11.5 Å². The quantitative estimate of drug-likeness (QED) is 0.510. The number of hydrogen-bond acceptors (Lipinski definition) is 6. The average molecular weight is 495 g/mol. The second-order valence-corrected chi connectivity index (χ2v) is 9.31. The van der Waals surface area contributed by atoms with Gasteiger partial charge in [-0.2, -0.15) is 5.10 Å². The van der Waals surface area contributed by atoms with Gasteiger partial charge in [0, 0.05) is 33.3 Å². The zero-order valence-corrected chi connectivity index (χ0v) is 20.8. The predicted octanol–water partition coefficient (Wildman–Crippen LogP) is 2.71. The second-order valence-electron chi connectivity index (χ2n) is 8.92. The van der Waals surface area contributed by atoms with Gasteiger partial charge in [-0.15, -0.1) is 0 Å². The van der Waals surface area contributed by atoms with Crippen LogP contribution in [0, 0.1) is 0 Å². The number of rotatable bonds is 6. The highest BCUT2D eigenvalue weighted by Gasteiger charge is 2.52. The topological polar surface area (TPSA) is 109 Å². The summed E-state index contributed by atoms with van der Waals surface area (Å²) in [4.78, 5) is 44.1. The Balaban J connectivity index is 1.74. The van der Waals surface area contributed by atoms with Crippen molar-refractivity contribution in [2.45, 2.75) is 25.2 Å². The Morgan fingerprint density at radius 1 is 1.14 bits per heavy atom. The van der Waals surface area contributed by atoms with Crippen LogP contribution in [0.15, 0.2) is 53.5 Å². The number of nitrogens with one attached hydrogen (secondary N) is 2. The maximum Gasteiger partial charge on any atom is 0.266 e. The summed E-state index contributed by atoms with van der Waals surface area (Å²) in [6, 6.07) is 12.4. The molecule has 3 heterocycles. The maximum absolute atomic E-state index is 13.9. The van der Waals surface area contributed by atoms with Gasteiger partial charge in [-0.3, -0.25) is 14.4 Å². The van der Waals surface area contributed by atoms with Gasteiger partial charge in [0.15, 0.2) is 0 Å². The minimum atomic E-state index is -0.906. The van der Waals surface area contributed by atoms with Crippen LogP contribution in [0.5, 0.6) is 0 Å². The molecule has 1 saturated heterocycles. The molecule has 2 amide bonds. The summed E-state index contributed by atoms with van der Waals surface area (Å²) >= 11 is 6.00. The summed E-state index contributed by atoms with van der Waals surface area (Å²) in [6.07, 6.45) is 1.39. The fourth-order valence-electron chi connectivity index (χ4n) is 4.39. The zero-order valence-electron chi connectivity index (χ0n) is 20.0. The fraction of sp³-hybridized carbons (Fsp3) is 0.320. The molecule has 0 saturated carbocycles. The largest absolute Gasteiger partial charge is 0.355 e. The molecule has 2 N–H and O–H groups in total. The summed E-state index contributed by atoms with van der Waals surface area (Å²) in [7, 11) is 3.10. The molecule has 1 aliphatic rings. The van der Waals surface area contributed by atoms with Gasteiger partial charge in [-0.05, 0) is 29.2 Å². The molecule has 4 rings (SSSR count). The standard InChI is InChI=1S/C25H27ClN6O3/c1-15(2)16-7-5-6-8-18(16)25(13-32(14-25)21-9-10-22(33)31(4)30-21)24(35)29-19-12-28-20(26)11-17(19)23(34)27-3/h5-12,15H,13-14H2,1-4H3,(H,27,34)(H,29,35). The Labute approximate surface area is 208 Å². The van der Waals surface area contributed by atoms with Gasteiger partial charge in [0.05, 0.1) is 17.4 Å². The van der Waals surface area contributed by atoms with Crippen LogP contribution in [-0.4, -0.2) is 46.7 Å². The number of hydrogen-bond donors (Lipinski definition) is 2. The van der Waals surface area contributed by atoms with E-state index in [-0.39, 0.29) is 39.7 Å². The predicted molar refractivity (Wildman–Crippen MR) is 135 cm³/mol. The van der Waals surface area contributed by atoms with Crippen LogP contribution in [0.25, 0.3) is 0 Å². The first-order chi connectivity index (χ1) is 16.7. The molecular formula is C25H27ClN6O3. The van der Waals surface area contributed by atoms with Crippen molar-refractivity contribution in [2.24, 2.45) is 7.05 Å². The lowest BCUT2D eigenvalue weighted by molar-refractivity contribution is -0.122. The van der Waals surface area contributed by atoms with Crippen LogP contribution < -0.4 is 21.1 Å². The number of aromatic nitrogens is 3. The average Bonchev–Trinajstić information content (AvgIpc) is 2.81. The third kappa shape index (κ3) is 4.51. The summed E-state index contributed by atoms with van der Waals surface area (Å²) in [5.41, 5.74) is 1.37. The van der Waals surface area contributed by atoms with E-state index >= 15 is 0 Å². The molecule has 1 aromatic carbocycles. The molecule has 9 nitrogen and oxygen atoms in total. The minimum absolute atomic E-state index is 0.150. The Morgan fingerprint density at radius 2 is 1.86 bits per heavy atom. The van der Waals surface area contributed by atoms with Crippen molar-refractivity contribution in [2.75, 3.05) is 30.4 Å². The van der Waals surface area contributed by atoms with Crippen molar-refractivity contribution in [3.63, 3.8) is 0 Å². The number of nitrogens with zero attached hydrogens (tertiary/aromatic N) is 4. The molecule has 35 heavy (non-hydrogen) atoms. The smallest absolute Gasteiger partial charge is 0.266 e. The second kappa shape index (κ2) is 9.50. The van der Waals surface area contributed by atoms with Crippen LogP contribution in [0.3, 0.4) is 0 Å². The van der Waals surface area contributed by atoms with Gasteiger partial charge in [0.1, 0.15) is 16.4 Å². The fourth-order valence-corrected chi connectivity index (χ4v) is 4.55. The van der Waals surface area contributed by atoms with E-state index < -0.39 is 5.41 Å². The summed E-state index contributed by atoms with van der Waals surface area (Å²) in [6.45, 7) is 4.87. The van der Waals surface area contributed by atoms with Gasteiger partial charge in [0.25, 0.3) is 11.5 Å². The molecule has 0 unspecified atom stereocenters. The molecule has 1 aliphatic heterocycles. The highest BCUT2D eigenvalue weighted by molar-refractivity contribution is 6.30. The van der Waals surface area contributed by atoms with Crippen LogP contribution in [-0.2, 0) is 17.3 Å². The van der Waals surface area contributed by atoms with Crippen molar-refractivity contribution in [1.29, 1.82) is 0 Å². The first-order valence-electron chi connectivity index (χ1n) is 11.2. The first-order valence-corrected chi connectivity index (χ1v) is 11.6. The van der Waals surface area contributed by atoms with E-state index in [1.165, 1.54) is 30.1 Å². The third-order valence-corrected chi connectivity index (χ3v) is 6.52. The highest BCUT2D eigenvalue weighted by atomic mass is 35.5. The summed E-state index contributed by atoms with van der Waals surface area (Å²) in [5, 5.41) is 9.98. The van der Waals surface area contributed by atoms with Gasteiger partial charge in [-0.1, -0.05) is 49.7 Å². The van der Waals surface area contributed by atoms with Crippen molar-refractivity contribution < 1.29 is 9.59 Å². The molecular weight excluding hydrogens is 468 g/mol. The first kappa shape index (κ1) is 24.4. The molecule has 3 aromatic rings. The number of halogens is 1. The molecule has 0 atom stereocenters. The summed E-state index contributed by atoms with van der Waals surface area (Å²) < 4.78 is 1.27. The lowest BCUT2D eigenvalue weighted by Crippen LogP contribution is -2.66. The van der Waals surface area contributed by atoms with E-state index in [4.69, 9.17) is 11.6 Å². The SMILES string of the molecule is CNC(=O)c1cc(Cl)ncc1NC(=O)C1(c2ccccc2C(C)C)CN(c2ccc(=O)n(C)n2)C1. The van der Waals surface area contributed by atoms with E-state index in [0.717, 1.165) is 11.1 Å². The molecule has 0 radical (unpaired) electrons. The molecule has 0 aliphatic carbocycles. The Hall–Kier alpha value is -3.72. The Kier molecular flexibility index (Phi) is 6.62. The van der Waals surface area contributed by atoms with E-state index in [0.29, 0.717) is 18.9 Å². The maximum atomic E-state index is 13.9. The van der Waals surface area contributed by atoms with Crippen molar-refractivity contribution in [3.8, 4) is 0 Å². The van der Waals surface area contributed by atoms with Crippen molar-refractivity contribution in [1.82, 2.24) is 20.1 Å². The van der Waals surface area contributed by atoms with Crippen LogP contribution >= 0.6 is 11.6 Å². The van der Waals surface area contributed by atoms with Crippen molar-refractivity contribution in [3.05, 3.63) is 80.9 Å². The Morgan fingerprint density at radius 3 is 2.51 bits per heavy atom. The van der Waals surface area contributed by atoms with E-state index in [2.05, 4.69) is 34.6 Å². The summed E-state index contributed by atoms with van der Waals surface area (Å²) in [5.74, 6) is 0.155. The molecule has 182 valence electrons. The third-order valence-electron chi connectivity index (χ3n) is 6.32. The lowest BCUT2D eigenvalue weighted by atomic mass is 9.69. The monoisotopic (exact) mass is 494 g/mol. The van der Waals surface area contributed by atoms with Gasteiger partial charge >= 0.3 is 0 Å². The lowest BCUT2D eigenvalue weighted by Gasteiger charge is -2.50. The van der Waals surface area contributed by atoms with Crippen molar-refractivity contribution >= 4 is 34.9 Å². The molecule has 0 bridgehead atoms. The van der Waals surface area contributed by atoms with Gasteiger partial charge < -0.3 is 15.5 Å². The number of benzene rings is 1. The molecule has 2 aromatic heterocycles. The molecule has 1 fully saturated rings. The normalized spacial score (nSPS) is 14.4. The molecule has 0 spiro atoms. The highest BCUT2D eigenvalue weighted by Crippen LogP contribution is 2.41. The number of amides is 2. The number of aryl methyl sites for hydroxylation is 1. The van der Waals surface area contributed by atoms with E-state index in [9.17, 15) is 14.4 Å². The van der Waals surface area contributed by atoms with Crippen LogP contribution in [0.1, 0.15) is 41.3 Å². The number of carbonyl (C=O) groups excluding carboxylic acids is 2.